The van der Waals surface area contributed by atoms with Crippen molar-refractivity contribution in [1.29, 1.82) is 0 Å². The molecule has 0 aliphatic rings. The van der Waals surface area contributed by atoms with Gasteiger partial charge in [0, 0.05) is 12.4 Å². The molecule has 3 nitrogen and oxygen atoms in total. The summed E-state index contributed by atoms with van der Waals surface area (Å²) in [6, 6.07) is 0.343. The van der Waals surface area contributed by atoms with Crippen LogP contribution < -0.4 is 5.32 Å². The molecule has 1 atom stereocenters. The SMILES string of the molecule is C=CCCCC(NC)c1ncc[nH]1. The summed E-state index contributed by atoms with van der Waals surface area (Å²) in [7, 11) is 1.96. The third-order valence-corrected chi connectivity index (χ3v) is 2.10. The van der Waals surface area contributed by atoms with Crippen LogP contribution in [-0.2, 0) is 0 Å². The molecule has 0 spiro atoms. The maximum Gasteiger partial charge on any atom is 0.123 e. The lowest BCUT2D eigenvalue weighted by atomic mass is 10.1. The first-order chi connectivity index (χ1) is 6.38. The number of unbranched alkanes of at least 4 members (excludes halogenated alkanes) is 1. The number of aromatic nitrogens is 2. The van der Waals surface area contributed by atoms with E-state index in [1.54, 1.807) is 6.20 Å². The number of hydrogen-bond acceptors (Lipinski definition) is 2. The lowest BCUT2D eigenvalue weighted by Gasteiger charge is -2.12. The van der Waals surface area contributed by atoms with Crippen LogP contribution in [0.4, 0.5) is 0 Å². The summed E-state index contributed by atoms with van der Waals surface area (Å²) in [5.41, 5.74) is 0. The molecule has 1 rings (SSSR count). The molecule has 0 fully saturated rings. The molecule has 1 aromatic rings. The monoisotopic (exact) mass is 179 g/mol. The Bertz CT molecular complexity index is 228. The van der Waals surface area contributed by atoms with Crippen molar-refractivity contribution in [2.45, 2.75) is 25.3 Å². The van der Waals surface area contributed by atoms with Gasteiger partial charge in [0.25, 0.3) is 0 Å². The molecule has 0 aliphatic carbocycles. The molecule has 1 heterocycles. The van der Waals surface area contributed by atoms with Crippen molar-refractivity contribution >= 4 is 0 Å². The minimum absolute atomic E-state index is 0.343. The maximum atomic E-state index is 4.22. The maximum absolute atomic E-state index is 4.22. The van der Waals surface area contributed by atoms with E-state index in [-0.39, 0.29) is 0 Å². The third kappa shape index (κ3) is 3.03. The predicted molar refractivity (Wildman–Crippen MR) is 54.4 cm³/mol. The lowest BCUT2D eigenvalue weighted by molar-refractivity contribution is 0.508. The van der Waals surface area contributed by atoms with Gasteiger partial charge in [0.15, 0.2) is 0 Å². The van der Waals surface area contributed by atoms with Gasteiger partial charge in [0.05, 0.1) is 6.04 Å². The molecule has 72 valence electrons. The normalized spacial score (nSPS) is 12.7. The van der Waals surface area contributed by atoms with Gasteiger partial charge >= 0.3 is 0 Å². The highest BCUT2D eigenvalue weighted by atomic mass is 15.0. The van der Waals surface area contributed by atoms with Crippen LogP contribution in [0.5, 0.6) is 0 Å². The molecule has 0 saturated heterocycles. The summed E-state index contributed by atoms with van der Waals surface area (Å²) in [5.74, 6) is 1.02. The fourth-order valence-electron chi connectivity index (χ4n) is 1.35. The average molecular weight is 179 g/mol. The van der Waals surface area contributed by atoms with E-state index in [4.69, 9.17) is 0 Å². The van der Waals surface area contributed by atoms with Crippen LogP contribution >= 0.6 is 0 Å². The Labute approximate surface area is 79.3 Å². The molecule has 1 unspecified atom stereocenters. The van der Waals surface area contributed by atoms with Gasteiger partial charge in [0.2, 0.25) is 0 Å². The number of allylic oxidation sites excluding steroid dienone is 1. The summed E-state index contributed by atoms with van der Waals surface area (Å²) in [4.78, 5) is 7.34. The molecule has 0 saturated carbocycles. The summed E-state index contributed by atoms with van der Waals surface area (Å²) in [5, 5.41) is 3.24. The van der Waals surface area contributed by atoms with Gasteiger partial charge in [-0.05, 0) is 26.3 Å². The van der Waals surface area contributed by atoms with Gasteiger partial charge in [-0.1, -0.05) is 6.08 Å². The van der Waals surface area contributed by atoms with E-state index in [0.717, 1.165) is 25.1 Å². The smallest absolute Gasteiger partial charge is 0.123 e. The molecule has 0 aliphatic heterocycles. The van der Waals surface area contributed by atoms with Crippen molar-refractivity contribution in [3.63, 3.8) is 0 Å². The van der Waals surface area contributed by atoms with Crippen LogP contribution in [0.25, 0.3) is 0 Å². The topological polar surface area (TPSA) is 40.7 Å². The number of rotatable bonds is 6. The van der Waals surface area contributed by atoms with Gasteiger partial charge in [-0.3, -0.25) is 0 Å². The van der Waals surface area contributed by atoms with Crippen molar-refractivity contribution in [3.8, 4) is 0 Å². The van der Waals surface area contributed by atoms with Crippen molar-refractivity contribution in [2.75, 3.05) is 7.05 Å². The van der Waals surface area contributed by atoms with Crippen LogP contribution in [0, 0.1) is 0 Å². The summed E-state index contributed by atoms with van der Waals surface area (Å²) >= 11 is 0. The highest BCUT2D eigenvalue weighted by molar-refractivity contribution is 4.95. The van der Waals surface area contributed by atoms with Crippen LogP contribution in [-0.4, -0.2) is 17.0 Å². The lowest BCUT2D eigenvalue weighted by Crippen LogP contribution is -2.17. The molecule has 3 heteroatoms. The molecule has 1 aromatic heterocycles. The average Bonchev–Trinajstić information content (AvgIpc) is 2.65. The van der Waals surface area contributed by atoms with Crippen molar-refractivity contribution < 1.29 is 0 Å². The van der Waals surface area contributed by atoms with Gasteiger partial charge in [0.1, 0.15) is 5.82 Å². The van der Waals surface area contributed by atoms with E-state index in [1.807, 2.05) is 19.3 Å². The molecular weight excluding hydrogens is 162 g/mol. The number of nitrogens with zero attached hydrogens (tertiary/aromatic N) is 1. The van der Waals surface area contributed by atoms with Gasteiger partial charge < -0.3 is 10.3 Å². The number of nitrogens with one attached hydrogen (secondary N) is 2. The van der Waals surface area contributed by atoms with Crippen molar-refractivity contribution in [3.05, 3.63) is 30.9 Å². The molecule has 0 aromatic carbocycles. The van der Waals surface area contributed by atoms with Crippen LogP contribution in [0.2, 0.25) is 0 Å². The fraction of sp³-hybridized carbons (Fsp3) is 0.500. The second kappa shape index (κ2) is 5.54. The highest BCUT2D eigenvalue weighted by Crippen LogP contribution is 2.14. The molecule has 0 radical (unpaired) electrons. The standard InChI is InChI=1S/C10H17N3/c1-3-4-5-6-9(11-2)10-12-7-8-13-10/h3,7-9,11H,1,4-6H2,2H3,(H,12,13). The quantitative estimate of drug-likeness (QED) is 0.518. The zero-order valence-corrected chi connectivity index (χ0v) is 8.09. The fourth-order valence-corrected chi connectivity index (χ4v) is 1.35. The Balaban J connectivity index is 2.39. The van der Waals surface area contributed by atoms with Gasteiger partial charge in [-0.25, -0.2) is 4.98 Å². The zero-order valence-electron chi connectivity index (χ0n) is 8.09. The molecule has 2 N–H and O–H groups in total. The van der Waals surface area contributed by atoms with Gasteiger partial charge in [-0.2, -0.15) is 0 Å². The van der Waals surface area contributed by atoms with E-state index in [1.165, 1.54) is 0 Å². The molecule has 0 bridgehead atoms. The Morgan fingerprint density at radius 2 is 2.62 bits per heavy atom. The minimum atomic E-state index is 0.343. The second-order valence-corrected chi connectivity index (χ2v) is 3.04. The van der Waals surface area contributed by atoms with Crippen molar-refractivity contribution in [2.24, 2.45) is 0 Å². The molecule has 0 amide bonds. The van der Waals surface area contributed by atoms with E-state index in [9.17, 15) is 0 Å². The second-order valence-electron chi connectivity index (χ2n) is 3.04. The first-order valence-electron chi connectivity index (χ1n) is 4.66. The first kappa shape index (κ1) is 9.99. The zero-order chi connectivity index (χ0) is 9.52. The van der Waals surface area contributed by atoms with Crippen LogP contribution in [0.3, 0.4) is 0 Å². The summed E-state index contributed by atoms with van der Waals surface area (Å²) in [6.07, 6.45) is 8.90. The number of H-pyrrole nitrogens is 1. The van der Waals surface area contributed by atoms with Gasteiger partial charge in [-0.15, -0.1) is 6.58 Å². The minimum Gasteiger partial charge on any atom is -0.347 e. The summed E-state index contributed by atoms with van der Waals surface area (Å²) in [6.45, 7) is 3.70. The Morgan fingerprint density at radius 3 is 3.15 bits per heavy atom. The Kier molecular flexibility index (Phi) is 4.26. The van der Waals surface area contributed by atoms with E-state index >= 15 is 0 Å². The summed E-state index contributed by atoms with van der Waals surface area (Å²) < 4.78 is 0. The van der Waals surface area contributed by atoms with E-state index in [0.29, 0.717) is 6.04 Å². The van der Waals surface area contributed by atoms with Crippen LogP contribution in [0.15, 0.2) is 25.0 Å². The van der Waals surface area contributed by atoms with Crippen molar-refractivity contribution in [1.82, 2.24) is 15.3 Å². The van der Waals surface area contributed by atoms with Crippen LogP contribution in [0.1, 0.15) is 31.1 Å². The number of aromatic amines is 1. The number of hydrogen-bond donors (Lipinski definition) is 2. The third-order valence-electron chi connectivity index (χ3n) is 2.10. The van der Waals surface area contributed by atoms with E-state index in [2.05, 4.69) is 21.9 Å². The first-order valence-corrected chi connectivity index (χ1v) is 4.66. The largest absolute Gasteiger partial charge is 0.347 e. The Morgan fingerprint density at radius 1 is 1.77 bits per heavy atom. The van der Waals surface area contributed by atoms with E-state index < -0.39 is 0 Å². The number of imidazole rings is 1. The highest BCUT2D eigenvalue weighted by Gasteiger charge is 2.09. The molecule has 13 heavy (non-hydrogen) atoms. The Hall–Kier alpha value is -1.09. The molecular formula is C10H17N3. The predicted octanol–water partition coefficient (Wildman–Crippen LogP) is 2.03.